The molecule has 0 fully saturated rings. The van der Waals surface area contributed by atoms with Crippen LogP contribution in [0.2, 0.25) is 5.02 Å². The first kappa shape index (κ1) is 20.1. The van der Waals surface area contributed by atoms with E-state index in [1.54, 1.807) is 0 Å². The molecule has 3 aromatic rings. The number of alkyl halides is 5. The third-order valence-corrected chi connectivity index (χ3v) is 3.86. The summed E-state index contributed by atoms with van der Waals surface area (Å²) in [5.74, 6) is -6.23. The van der Waals surface area contributed by atoms with Crippen LogP contribution in [0.1, 0.15) is 19.7 Å². The maximum absolute atomic E-state index is 14.2. The minimum atomic E-state index is -4.71. The molecule has 0 unspecified atom stereocenters. The molecule has 0 saturated carbocycles. The highest BCUT2D eigenvalue weighted by Crippen LogP contribution is 2.32. The Kier molecular flexibility index (Phi) is 4.86. The van der Waals surface area contributed by atoms with Gasteiger partial charge in [-0.25, -0.2) is 9.37 Å². The van der Waals surface area contributed by atoms with Gasteiger partial charge < -0.3 is 4.74 Å². The van der Waals surface area contributed by atoms with Gasteiger partial charge in [0.05, 0.1) is 5.02 Å². The molecule has 0 radical (unpaired) electrons. The Morgan fingerprint density at radius 1 is 1.14 bits per heavy atom. The first-order valence-electron chi connectivity index (χ1n) is 7.57. The summed E-state index contributed by atoms with van der Waals surface area (Å²) in [6, 6.07) is 1.96. The van der Waals surface area contributed by atoms with Gasteiger partial charge in [-0.2, -0.15) is 31.6 Å². The number of ether oxygens (including phenoxy) is 1. The van der Waals surface area contributed by atoms with Gasteiger partial charge in [-0.1, -0.05) is 11.6 Å². The lowest BCUT2D eigenvalue weighted by Gasteiger charge is -2.17. The third kappa shape index (κ3) is 3.81. The normalized spacial score (nSPS) is 13.8. The zero-order valence-corrected chi connectivity index (χ0v) is 14.9. The molecule has 0 saturated heterocycles. The molecule has 0 aliphatic heterocycles. The molecule has 0 aromatic carbocycles. The van der Waals surface area contributed by atoms with E-state index in [0.29, 0.717) is 13.8 Å². The van der Waals surface area contributed by atoms with Gasteiger partial charge in [-0.3, -0.25) is 0 Å². The van der Waals surface area contributed by atoms with E-state index in [0.717, 1.165) is 16.8 Å². The molecule has 0 aliphatic carbocycles. The van der Waals surface area contributed by atoms with Crippen molar-refractivity contribution in [1.82, 2.24) is 24.8 Å². The highest BCUT2D eigenvalue weighted by Gasteiger charge is 2.39. The molecule has 28 heavy (non-hydrogen) atoms. The molecule has 0 spiro atoms. The summed E-state index contributed by atoms with van der Waals surface area (Å²) >= 11 is 6.04. The van der Waals surface area contributed by atoms with Gasteiger partial charge >= 0.3 is 12.1 Å². The Morgan fingerprint density at radius 3 is 2.39 bits per heavy atom. The number of aromatic nitrogens is 5. The molecule has 6 nitrogen and oxygen atoms in total. The van der Waals surface area contributed by atoms with Crippen molar-refractivity contribution >= 4 is 17.2 Å². The average molecular weight is 426 g/mol. The fourth-order valence-corrected chi connectivity index (χ4v) is 2.40. The molecule has 3 aromatic heterocycles. The van der Waals surface area contributed by atoms with Crippen molar-refractivity contribution < 1.29 is 31.1 Å². The van der Waals surface area contributed by atoms with Gasteiger partial charge in [0.2, 0.25) is 5.82 Å². The second kappa shape index (κ2) is 6.76. The van der Waals surface area contributed by atoms with Crippen molar-refractivity contribution in [3.63, 3.8) is 0 Å². The highest BCUT2D eigenvalue weighted by molar-refractivity contribution is 6.33. The van der Waals surface area contributed by atoms with Crippen molar-refractivity contribution in [2.75, 3.05) is 0 Å². The van der Waals surface area contributed by atoms with Crippen LogP contribution in [-0.4, -0.2) is 37.1 Å². The van der Waals surface area contributed by atoms with Crippen molar-refractivity contribution in [3.8, 4) is 17.1 Å². The zero-order chi connectivity index (χ0) is 20.9. The summed E-state index contributed by atoms with van der Waals surface area (Å²) in [6.45, 7) is 1.29. The number of hydrogen-bond donors (Lipinski definition) is 0. The molecule has 150 valence electrons. The van der Waals surface area contributed by atoms with E-state index in [1.807, 2.05) is 0 Å². The quantitative estimate of drug-likeness (QED) is 0.579. The maximum Gasteiger partial charge on any atom is 0.425 e. The lowest BCUT2D eigenvalue weighted by Crippen LogP contribution is -2.31. The molecule has 1 atom stereocenters. The van der Waals surface area contributed by atoms with Crippen molar-refractivity contribution in [1.29, 1.82) is 0 Å². The van der Waals surface area contributed by atoms with Gasteiger partial charge in [0.25, 0.3) is 5.88 Å². The maximum atomic E-state index is 14.2. The van der Waals surface area contributed by atoms with Crippen molar-refractivity contribution in [2.24, 2.45) is 0 Å². The summed E-state index contributed by atoms with van der Waals surface area (Å²) in [7, 11) is 0. The SMILES string of the molecule is C[C@H](Oc1ncc(-c2nn3c(C(C)(F)F)nnc3cc2Cl)cc1F)C(F)(F)F. The van der Waals surface area contributed by atoms with Gasteiger partial charge in [0.1, 0.15) is 5.69 Å². The first-order valence-corrected chi connectivity index (χ1v) is 7.95. The monoisotopic (exact) mass is 425 g/mol. The Bertz CT molecular complexity index is 1030. The van der Waals surface area contributed by atoms with Crippen LogP contribution in [0.5, 0.6) is 5.88 Å². The summed E-state index contributed by atoms with van der Waals surface area (Å²) in [5, 5.41) is 10.7. The van der Waals surface area contributed by atoms with E-state index in [1.165, 1.54) is 6.07 Å². The standard InChI is InChI=1S/C15H10ClF6N5O/c1-6(15(20,21)22)28-12-9(17)3-7(5-23-12)11-8(16)4-10-24-25-13(14(2,18)19)27(10)26-11/h3-6H,1-2H3/t6-/m0/s1. The average Bonchev–Trinajstić information content (AvgIpc) is 2.97. The van der Waals surface area contributed by atoms with Crippen LogP contribution in [0.15, 0.2) is 18.3 Å². The van der Waals surface area contributed by atoms with E-state index in [4.69, 9.17) is 11.6 Å². The van der Waals surface area contributed by atoms with Gasteiger partial charge in [0.15, 0.2) is 17.6 Å². The van der Waals surface area contributed by atoms with E-state index in [2.05, 4.69) is 25.0 Å². The van der Waals surface area contributed by atoms with Crippen LogP contribution in [0, 0.1) is 5.82 Å². The van der Waals surface area contributed by atoms with Crippen LogP contribution in [0.3, 0.4) is 0 Å². The van der Waals surface area contributed by atoms with Crippen LogP contribution in [0.4, 0.5) is 26.3 Å². The second-order valence-electron chi connectivity index (χ2n) is 5.84. The molecular formula is C15H10ClF6N5O. The number of hydrogen-bond acceptors (Lipinski definition) is 5. The second-order valence-corrected chi connectivity index (χ2v) is 6.24. The van der Waals surface area contributed by atoms with Crippen molar-refractivity contribution in [2.45, 2.75) is 32.1 Å². The van der Waals surface area contributed by atoms with E-state index in [-0.39, 0.29) is 21.9 Å². The minimum absolute atomic E-state index is 0.0716. The van der Waals surface area contributed by atoms with Gasteiger partial charge in [0, 0.05) is 24.8 Å². The fraction of sp³-hybridized carbons (Fsp3) is 0.333. The third-order valence-electron chi connectivity index (χ3n) is 3.57. The molecule has 3 rings (SSSR count). The largest absolute Gasteiger partial charge is 0.463 e. The van der Waals surface area contributed by atoms with Gasteiger partial charge in [-0.15, -0.1) is 10.2 Å². The summed E-state index contributed by atoms with van der Waals surface area (Å²) in [4.78, 5) is 3.50. The van der Waals surface area contributed by atoms with Crippen LogP contribution in [0.25, 0.3) is 16.9 Å². The molecular weight excluding hydrogens is 416 g/mol. The molecule has 0 N–H and O–H groups in total. The number of rotatable bonds is 4. The van der Waals surface area contributed by atoms with Crippen molar-refractivity contribution in [3.05, 3.63) is 35.0 Å². The molecule has 0 bridgehead atoms. The smallest absolute Gasteiger partial charge is 0.425 e. The fourth-order valence-electron chi connectivity index (χ4n) is 2.16. The highest BCUT2D eigenvalue weighted by atomic mass is 35.5. The van der Waals surface area contributed by atoms with E-state index >= 15 is 0 Å². The predicted molar refractivity (Wildman–Crippen MR) is 84.7 cm³/mol. The van der Waals surface area contributed by atoms with Gasteiger partial charge in [-0.05, 0) is 13.0 Å². The topological polar surface area (TPSA) is 65.2 Å². The molecule has 13 heteroatoms. The Balaban J connectivity index is 2.03. The lowest BCUT2D eigenvalue weighted by molar-refractivity contribution is -0.190. The predicted octanol–water partition coefficient (Wildman–Crippen LogP) is 4.42. The Hall–Kier alpha value is -2.63. The number of fused-ring (bicyclic) bond motifs is 1. The molecule has 0 aliphatic rings. The summed E-state index contributed by atoms with van der Waals surface area (Å²) in [5.41, 5.74) is -0.297. The van der Waals surface area contributed by atoms with E-state index in [9.17, 15) is 26.3 Å². The zero-order valence-electron chi connectivity index (χ0n) is 14.1. The molecule has 0 amide bonds. The summed E-state index contributed by atoms with van der Waals surface area (Å²) < 4.78 is 84.2. The minimum Gasteiger partial charge on any atom is -0.463 e. The van der Waals surface area contributed by atoms with Crippen LogP contribution in [-0.2, 0) is 5.92 Å². The number of pyridine rings is 1. The Labute approximate surface area is 158 Å². The molecule has 3 heterocycles. The van der Waals surface area contributed by atoms with Crippen LogP contribution >= 0.6 is 11.6 Å². The number of nitrogens with zero attached hydrogens (tertiary/aromatic N) is 5. The van der Waals surface area contributed by atoms with Crippen LogP contribution < -0.4 is 4.74 Å². The van der Waals surface area contributed by atoms with E-state index < -0.39 is 35.7 Å². The Morgan fingerprint density at radius 2 is 1.82 bits per heavy atom. The summed E-state index contributed by atoms with van der Waals surface area (Å²) in [6.07, 6.45) is -6.04. The lowest BCUT2D eigenvalue weighted by atomic mass is 10.2. The number of halogens is 7. The first-order chi connectivity index (χ1) is 12.9.